The van der Waals surface area contributed by atoms with Crippen LogP contribution >= 0.6 is 0 Å². The third-order valence-electron chi connectivity index (χ3n) is 2.65. The Morgan fingerprint density at radius 1 is 1.47 bits per heavy atom. The zero-order valence-corrected chi connectivity index (χ0v) is 10.2. The lowest BCUT2D eigenvalue weighted by molar-refractivity contribution is -0.137. The second-order valence-electron chi connectivity index (χ2n) is 4.04. The number of carboxylic acids is 1. The van der Waals surface area contributed by atoms with E-state index in [1.165, 1.54) is 11.0 Å². The van der Waals surface area contributed by atoms with Gasteiger partial charge in [-0.1, -0.05) is 6.08 Å². The predicted octanol–water partition coefficient (Wildman–Crippen LogP) is 1.28. The van der Waals surface area contributed by atoms with E-state index in [2.05, 4.69) is 16.8 Å². The summed E-state index contributed by atoms with van der Waals surface area (Å²) >= 11 is 0. The fourth-order valence-corrected chi connectivity index (χ4v) is 1.80. The first-order valence-corrected chi connectivity index (χ1v) is 5.67. The summed E-state index contributed by atoms with van der Waals surface area (Å²) in [6.45, 7) is 3.36. The predicted molar refractivity (Wildman–Crippen MR) is 69.8 cm³/mol. The number of hydrogen-bond acceptors (Lipinski definition) is 3. The maximum atomic E-state index is 12.2. The van der Waals surface area contributed by atoms with Gasteiger partial charge in [0.25, 0.3) is 5.91 Å². The summed E-state index contributed by atoms with van der Waals surface area (Å²) < 4.78 is 0. The number of benzene rings is 1. The van der Waals surface area contributed by atoms with Crippen LogP contribution in [-0.4, -0.2) is 45.2 Å². The number of rotatable bonds is 5. The van der Waals surface area contributed by atoms with Gasteiger partial charge in [-0.2, -0.15) is 5.10 Å². The first-order valence-electron chi connectivity index (χ1n) is 5.67. The van der Waals surface area contributed by atoms with E-state index in [1.807, 2.05) is 0 Å². The standard InChI is InChI=1S/C13H13N3O3/c1-2-5-16(8-12(17)18)13(19)9-3-4-11-10(6-9)7-14-15-11/h2-4,6-7H,1,5,8H2,(H,14,15)(H,17,18). The number of aliphatic carboxylic acids is 1. The summed E-state index contributed by atoms with van der Waals surface area (Å²) in [7, 11) is 0. The number of carbonyl (C=O) groups is 2. The second kappa shape index (κ2) is 5.34. The van der Waals surface area contributed by atoms with E-state index < -0.39 is 5.97 Å². The van der Waals surface area contributed by atoms with Crippen LogP contribution < -0.4 is 0 Å². The normalized spacial score (nSPS) is 10.3. The zero-order valence-electron chi connectivity index (χ0n) is 10.2. The average molecular weight is 259 g/mol. The molecule has 6 nitrogen and oxygen atoms in total. The van der Waals surface area contributed by atoms with Crippen molar-refractivity contribution in [1.82, 2.24) is 15.1 Å². The van der Waals surface area contributed by atoms with Crippen LogP contribution in [0.25, 0.3) is 10.9 Å². The molecule has 0 aliphatic heterocycles. The molecule has 2 aromatic rings. The molecule has 1 heterocycles. The average Bonchev–Trinajstić information content (AvgIpc) is 2.84. The van der Waals surface area contributed by atoms with Crippen LogP contribution in [0, 0.1) is 0 Å². The number of nitrogens with one attached hydrogen (secondary N) is 1. The van der Waals surface area contributed by atoms with Crippen LogP contribution in [-0.2, 0) is 4.79 Å². The summed E-state index contributed by atoms with van der Waals surface area (Å²) in [4.78, 5) is 24.2. The highest BCUT2D eigenvalue weighted by molar-refractivity contribution is 5.99. The van der Waals surface area contributed by atoms with Gasteiger partial charge in [0.15, 0.2) is 0 Å². The van der Waals surface area contributed by atoms with E-state index in [0.29, 0.717) is 5.56 Å². The molecule has 1 aromatic heterocycles. The fourth-order valence-electron chi connectivity index (χ4n) is 1.80. The van der Waals surface area contributed by atoms with Crippen molar-refractivity contribution in [1.29, 1.82) is 0 Å². The molecule has 0 atom stereocenters. The van der Waals surface area contributed by atoms with E-state index in [-0.39, 0.29) is 19.0 Å². The van der Waals surface area contributed by atoms with Crippen molar-refractivity contribution in [2.24, 2.45) is 0 Å². The van der Waals surface area contributed by atoms with Crippen LogP contribution in [0.1, 0.15) is 10.4 Å². The highest BCUT2D eigenvalue weighted by Gasteiger charge is 2.17. The minimum Gasteiger partial charge on any atom is -0.480 e. The number of hydrogen-bond donors (Lipinski definition) is 2. The Morgan fingerprint density at radius 2 is 2.26 bits per heavy atom. The smallest absolute Gasteiger partial charge is 0.323 e. The van der Waals surface area contributed by atoms with Gasteiger partial charge in [0.2, 0.25) is 0 Å². The van der Waals surface area contributed by atoms with E-state index in [1.54, 1.807) is 24.4 Å². The number of amides is 1. The molecule has 0 saturated heterocycles. The Labute approximate surface area is 109 Å². The number of aromatic amines is 1. The molecular weight excluding hydrogens is 246 g/mol. The summed E-state index contributed by atoms with van der Waals surface area (Å²) in [5.41, 5.74) is 1.25. The molecule has 19 heavy (non-hydrogen) atoms. The highest BCUT2D eigenvalue weighted by Crippen LogP contribution is 2.14. The monoisotopic (exact) mass is 259 g/mol. The Bertz CT molecular complexity index is 633. The number of carbonyl (C=O) groups excluding carboxylic acids is 1. The number of aromatic nitrogens is 2. The molecule has 1 amide bonds. The third-order valence-corrected chi connectivity index (χ3v) is 2.65. The Balaban J connectivity index is 2.28. The molecule has 0 aliphatic carbocycles. The molecule has 0 saturated carbocycles. The summed E-state index contributed by atoms with van der Waals surface area (Å²) in [5.74, 6) is -1.40. The van der Waals surface area contributed by atoms with Crippen molar-refractivity contribution in [3.05, 3.63) is 42.6 Å². The van der Waals surface area contributed by atoms with Crippen LogP contribution in [0.15, 0.2) is 37.1 Å². The van der Waals surface area contributed by atoms with E-state index in [0.717, 1.165) is 10.9 Å². The van der Waals surface area contributed by atoms with Crippen LogP contribution in [0.5, 0.6) is 0 Å². The molecule has 1 aromatic carbocycles. The number of nitrogens with zero attached hydrogens (tertiary/aromatic N) is 2. The van der Waals surface area contributed by atoms with Crippen molar-refractivity contribution in [3.63, 3.8) is 0 Å². The largest absolute Gasteiger partial charge is 0.480 e. The van der Waals surface area contributed by atoms with Crippen LogP contribution in [0.2, 0.25) is 0 Å². The summed E-state index contributed by atoms with van der Waals surface area (Å²) in [5, 5.41) is 16.3. The van der Waals surface area contributed by atoms with Crippen molar-refractivity contribution in [2.75, 3.05) is 13.1 Å². The Morgan fingerprint density at radius 3 is 2.95 bits per heavy atom. The molecule has 6 heteroatoms. The molecule has 0 unspecified atom stereocenters. The van der Waals surface area contributed by atoms with Gasteiger partial charge in [-0.05, 0) is 18.2 Å². The van der Waals surface area contributed by atoms with Crippen molar-refractivity contribution in [3.8, 4) is 0 Å². The zero-order chi connectivity index (χ0) is 13.8. The van der Waals surface area contributed by atoms with Crippen molar-refractivity contribution in [2.45, 2.75) is 0 Å². The lowest BCUT2D eigenvalue weighted by atomic mass is 10.1. The quantitative estimate of drug-likeness (QED) is 0.792. The molecule has 0 spiro atoms. The fraction of sp³-hybridized carbons (Fsp3) is 0.154. The molecule has 2 rings (SSSR count). The van der Waals surface area contributed by atoms with Gasteiger partial charge in [-0.3, -0.25) is 14.7 Å². The van der Waals surface area contributed by atoms with Crippen LogP contribution in [0.3, 0.4) is 0 Å². The molecule has 0 aliphatic rings. The van der Waals surface area contributed by atoms with Crippen LogP contribution in [0.4, 0.5) is 0 Å². The SMILES string of the molecule is C=CCN(CC(=O)O)C(=O)c1ccc2[nH]ncc2c1. The Hall–Kier alpha value is -2.63. The van der Waals surface area contributed by atoms with Gasteiger partial charge < -0.3 is 10.0 Å². The van der Waals surface area contributed by atoms with Gasteiger partial charge in [0.05, 0.1) is 11.7 Å². The molecule has 2 N–H and O–H groups in total. The Kier molecular flexibility index (Phi) is 3.61. The van der Waals surface area contributed by atoms with E-state index >= 15 is 0 Å². The first-order chi connectivity index (χ1) is 9.11. The van der Waals surface area contributed by atoms with E-state index in [4.69, 9.17) is 5.11 Å². The maximum Gasteiger partial charge on any atom is 0.323 e. The number of H-pyrrole nitrogens is 1. The number of fused-ring (bicyclic) bond motifs is 1. The number of carboxylic acid groups (broad SMARTS) is 1. The molecular formula is C13H13N3O3. The maximum absolute atomic E-state index is 12.2. The minimum atomic E-state index is -1.06. The van der Waals surface area contributed by atoms with Gasteiger partial charge in [0, 0.05) is 17.5 Å². The lowest BCUT2D eigenvalue weighted by Gasteiger charge is -2.18. The minimum absolute atomic E-state index is 0.189. The van der Waals surface area contributed by atoms with Gasteiger partial charge in [0.1, 0.15) is 6.54 Å². The molecule has 98 valence electrons. The molecule has 0 fully saturated rings. The second-order valence-corrected chi connectivity index (χ2v) is 4.04. The summed E-state index contributed by atoms with van der Waals surface area (Å²) in [6.07, 6.45) is 3.11. The van der Waals surface area contributed by atoms with Gasteiger partial charge >= 0.3 is 5.97 Å². The van der Waals surface area contributed by atoms with Gasteiger partial charge in [-0.15, -0.1) is 6.58 Å². The summed E-state index contributed by atoms with van der Waals surface area (Å²) in [6, 6.07) is 5.06. The first kappa shape index (κ1) is 12.8. The molecule has 0 bridgehead atoms. The van der Waals surface area contributed by atoms with Crippen molar-refractivity contribution < 1.29 is 14.7 Å². The third kappa shape index (κ3) is 2.79. The van der Waals surface area contributed by atoms with Crippen molar-refractivity contribution >= 4 is 22.8 Å². The highest BCUT2D eigenvalue weighted by atomic mass is 16.4. The topological polar surface area (TPSA) is 86.3 Å². The van der Waals surface area contributed by atoms with E-state index in [9.17, 15) is 9.59 Å². The molecule has 0 radical (unpaired) electrons. The lowest BCUT2D eigenvalue weighted by Crippen LogP contribution is -2.35. The van der Waals surface area contributed by atoms with Gasteiger partial charge in [-0.25, -0.2) is 0 Å².